The van der Waals surface area contributed by atoms with Crippen LogP contribution in [0.2, 0.25) is 0 Å². The van der Waals surface area contributed by atoms with Gasteiger partial charge in [0, 0.05) is 37.0 Å². The standard InChI is InChI=1S/C26H26N4O5S/c1-4-28(3)21(31)15-20-16-36-26-27-23(17-10-7-6-8-11-17)22(25(32)35-5-2)24(29(20)26)18-12-9-13-19(14-18)30(33)34/h6-14,16,24H,4-5,15H2,1-3H3/t24-/m0/s1. The molecule has 0 spiro atoms. The van der Waals surface area contributed by atoms with Gasteiger partial charge in [0.25, 0.3) is 5.69 Å². The third kappa shape index (κ3) is 4.90. The number of nitrogens with zero attached hydrogens (tertiary/aromatic N) is 4. The molecular weight excluding hydrogens is 480 g/mol. The lowest BCUT2D eigenvalue weighted by Crippen LogP contribution is -2.38. The predicted octanol–water partition coefficient (Wildman–Crippen LogP) is 4.74. The molecule has 0 bridgehead atoms. The van der Waals surface area contributed by atoms with Gasteiger partial charge < -0.3 is 14.5 Å². The Balaban J connectivity index is 1.92. The second-order valence-corrected chi connectivity index (χ2v) is 9.02. The molecule has 1 atom stereocenters. The van der Waals surface area contributed by atoms with Crippen LogP contribution in [0.4, 0.5) is 5.69 Å². The minimum Gasteiger partial charge on any atom is -0.463 e. The number of nitro groups is 1. The molecule has 2 heterocycles. The van der Waals surface area contributed by atoms with Gasteiger partial charge in [-0.05, 0) is 24.8 Å². The van der Waals surface area contributed by atoms with Crippen molar-refractivity contribution < 1.29 is 19.2 Å². The number of aliphatic imine (C=N–C) groups is 1. The van der Waals surface area contributed by atoms with Crippen LogP contribution < -0.4 is 0 Å². The molecule has 0 unspecified atom stereocenters. The van der Waals surface area contributed by atoms with E-state index in [0.29, 0.717) is 28.7 Å². The van der Waals surface area contributed by atoms with Crippen LogP contribution in [0.3, 0.4) is 0 Å². The van der Waals surface area contributed by atoms with E-state index >= 15 is 0 Å². The quantitative estimate of drug-likeness (QED) is 0.289. The number of thioether (sulfide) groups is 1. The summed E-state index contributed by atoms with van der Waals surface area (Å²) in [5, 5.41) is 14.0. The van der Waals surface area contributed by atoms with Gasteiger partial charge >= 0.3 is 5.97 Å². The van der Waals surface area contributed by atoms with Crippen molar-refractivity contribution in [2.75, 3.05) is 20.2 Å². The molecule has 2 aromatic carbocycles. The molecule has 2 aliphatic heterocycles. The van der Waals surface area contributed by atoms with E-state index in [1.54, 1.807) is 31.0 Å². The lowest BCUT2D eigenvalue weighted by atomic mass is 9.91. The summed E-state index contributed by atoms with van der Waals surface area (Å²) >= 11 is 1.35. The fourth-order valence-electron chi connectivity index (χ4n) is 4.08. The van der Waals surface area contributed by atoms with Crippen LogP contribution in [0, 0.1) is 10.1 Å². The fourth-order valence-corrected chi connectivity index (χ4v) is 5.00. The van der Waals surface area contributed by atoms with E-state index in [1.807, 2.05) is 47.6 Å². The molecule has 36 heavy (non-hydrogen) atoms. The normalized spacial score (nSPS) is 16.8. The Labute approximate surface area is 213 Å². The molecule has 2 aromatic rings. The number of fused-ring (bicyclic) bond motifs is 1. The minimum atomic E-state index is -0.771. The maximum atomic E-state index is 13.4. The van der Waals surface area contributed by atoms with Gasteiger partial charge in [-0.25, -0.2) is 9.79 Å². The van der Waals surface area contributed by atoms with E-state index < -0.39 is 16.9 Å². The fraction of sp³-hybridized carbons (Fsp3) is 0.269. The third-order valence-electron chi connectivity index (χ3n) is 5.98. The van der Waals surface area contributed by atoms with Crippen molar-refractivity contribution in [1.29, 1.82) is 0 Å². The van der Waals surface area contributed by atoms with E-state index in [0.717, 1.165) is 5.56 Å². The zero-order valence-corrected chi connectivity index (χ0v) is 21.0. The molecule has 4 rings (SSSR count). The van der Waals surface area contributed by atoms with Crippen LogP contribution in [-0.2, 0) is 14.3 Å². The molecule has 0 saturated carbocycles. The van der Waals surface area contributed by atoms with Crippen LogP contribution in [0.1, 0.15) is 37.4 Å². The van der Waals surface area contributed by atoms with Gasteiger partial charge in [0.2, 0.25) is 5.91 Å². The first-order chi connectivity index (χ1) is 17.3. The molecule has 1 amide bonds. The highest BCUT2D eigenvalue weighted by Crippen LogP contribution is 2.47. The number of amidine groups is 1. The van der Waals surface area contributed by atoms with Crippen LogP contribution >= 0.6 is 11.8 Å². The van der Waals surface area contributed by atoms with Crippen molar-refractivity contribution in [3.63, 3.8) is 0 Å². The smallest absolute Gasteiger partial charge is 0.338 e. The number of benzene rings is 2. The molecular formula is C26H26N4O5S. The molecule has 0 fully saturated rings. The van der Waals surface area contributed by atoms with Gasteiger partial charge in [-0.15, -0.1) is 0 Å². The van der Waals surface area contributed by atoms with E-state index in [2.05, 4.69) is 0 Å². The van der Waals surface area contributed by atoms with Gasteiger partial charge in [-0.1, -0.05) is 54.2 Å². The van der Waals surface area contributed by atoms with Gasteiger partial charge in [-0.2, -0.15) is 0 Å². The van der Waals surface area contributed by atoms with Gasteiger partial charge in [-0.3, -0.25) is 14.9 Å². The Hall–Kier alpha value is -3.92. The summed E-state index contributed by atoms with van der Waals surface area (Å²) in [6, 6.07) is 14.7. The summed E-state index contributed by atoms with van der Waals surface area (Å²) in [6.07, 6.45) is 0.0958. The number of esters is 1. The minimum absolute atomic E-state index is 0.0843. The number of hydrogen-bond donors (Lipinski definition) is 0. The molecule has 2 aliphatic rings. The van der Waals surface area contributed by atoms with Gasteiger partial charge in [0.1, 0.15) is 0 Å². The second-order valence-electron chi connectivity index (χ2n) is 8.18. The van der Waals surface area contributed by atoms with Crippen molar-refractivity contribution in [1.82, 2.24) is 9.80 Å². The molecule has 9 nitrogen and oxygen atoms in total. The first-order valence-corrected chi connectivity index (χ1v) is 12.4. The molecule has 0 N–H and O–H groups in total. The molecule has 0 aliphatic carbocycles. The topological polar surface area (TPSA) is 105 Å². The third-order valence-corrected chi connectivity index (χ3v) is 6.87. The Morgan fingerprint density at radius 3 is 2.58 bits per heavy atom. The Morgan fingerprint density at radius 2 is 1.92 bits per heavy atom. The summed E-state index contributed by atoms with van der Waals surface area (Å²) in [5.74, 6) is -0.650. The summed E-state index contributed by atoms with van der Waals surface area (Å²) in [6.45, 7) is 4.32. The number of non-ortho nitro benzene ring substituents is 1. The summed E-state index contributed by atoms with van der Waals surface area (Å²) in [5.41, 5.74) is 2.51. The average molecular weight is 507 g/mol. The van der Waals surface area contributed by atoms with Crippen LogP contribution in [-0.4, -0.2) is 52.0 Å². The summed E-state index contributed by atoms with van der Waals surface area (Å²) in [7, 11) is 1.73. The highest BCUT2D eigenvalue weighted by Gasteiger charge is 2.42. The highest BCUT2D eigenvalue weighted by molar-refractivity contribution is 8.16. The number of carbonyl (C=O) groups is 2. The molecule has 186 valence electrons. The predicted molar refractivity (Wildman–Crippen MR) is 139 cm³/mol. The van der Waals surface area contributed by atoms with E-state index in [4.69, 9.17) is 9.73 Å². The number of hydrogen-bond acceptors (Lipinski definition) is 8. The van der Waals surface area contributed by atoms with Gasteiger partial charge in [0.15, 0.2) is 5.17 Å². The van der Waals surface area contributed by atoms with Crippen molar-refractivity contribution in [3.8, 4) is 0 Å². The lowest BCUT2D eigenvalue weighted by Gasteiger charge is -2.37. The number of amides is 1. The number of nitro benzene ring substituents is 1. The maximum absolute atomic E-state index is 13.4. The molecule has 0 saturated heterocycles. The van der Waals surface area contributed by atoms with E-state index in [9.17, 15) is 19.7 Å². The molecule has 0 aromatic heterocycles. The summed E-state index contributed by atoms with van der Waals surface area (Å²) < 4.78 is 5.45. The Morgan fingerprint density at radius 1 is 1.17 bits per heavy atom. The van der Waals surface area contributed by atoms with Crippen LogP contribution in [0.15, 0.2) is 76.3 Å². The van der Waals surface area contributed by atoms with E-state index in [-0.39, 0.29) is 30.2 Å². The molecule has 0 radical (unpaired) electrons. The highest BCUT2D eigenvalue weighted by atomic mass is 32.2. The monoisotopic (exact) mass is 506 g/mol. The first-order valence-electron chi connectivity index (χ1n) is 11.5. The molecule has 10 heteroatoms. The van der Waals surface area contributed by atoms with Crippen LogP contribution in [0.5, 0.6) is 0 Å². The number of rotatable bonds is 8. The maximum Gasteiger partial charge on any atom is 0.338 e. The second kappa shape index (κ2) is 10.8. The van der Waals surface area contributed by atoms with Crippen molar-refractivity contribution in [3.05, 3.63) is 92.5 Å². The average Bonchev–Trinajstić information content (AvgIpc) is 3.29. The number of carbonyl (C=O) groups excluding carboxylic acids is 2. The van der Waals surface area contributed by atoms with Crippen LogP contribution in [0.25, 0.3) is 5.70 Å². The van der Waals surface area contributed by atoms with Crippen molar-refractivity contribution in [2.24, 2.45) is 4.99 Å². The SMILES string of the molecule is CCOC(=O)C1=C(c2ccccc2)N=C2SC=C(CC(=O)N(C)CC)N2[C@H]1c1cccc([N+](=O)[O-])c1. The van der Waals surface area contributed by atoms with E-state index in [1.165, 1.54) is 23.9 Å². The van der Waals surface area contributed by atoms with Crippen molar-refractivity contribution in [2.45, 2.75) is 26.3 Å². The largest absolute Gasteiger partial charge is 0.463 e. The lowest BCUT2D eigenvalue weighted by molar-refractivity contribution is -0.384. The number of ether oxygens (including phenoxy) is 1. The Kier molecular flexibility index (Phi) is 7.54. The summed E-state index contributed by atoms with van der Waals surface area (Å²) in [4.78, 5) is 45.6. The zero-order valence-electron chi connectivity index (χ0n) is 20.2. The zero-order chi connectivity index (χ0) is 25.8. The first kappa shape index (κ1) is 25.2. The Bertz CT molecular complexity index is 1290. The van der Waals surface area contributed by atoms with Crippen molar-refractivity contribution >= 4 is 40.2 Å². The van der Waals surface area contributed by atoms with Gasteiger partial charge in [0.05, 0.1) is 35.3 Å².